The molecule has 0 saturated heterocycles. The van der Waals surface area contributed by atoms with Gasteiger partial charge in [-0.3, -0.25) is 13.9 Å². The molecule has 0 aliphatic rings. The van der Waals surface area contributed by atoms with Crippen molar-refractivity contribution >= 4 is 27.5 Å². The minimum Gasteiger partial charge on any atom is -0.489 e. The molecule has 39 heavy (non-hydrogen) atoms. The van der Waals surface area contributed by atoms with E-state index >= 15 is 0 Å². The molecule has 0 bridgehead atoms. The monoisotopic (exact) mass is 551 g/mol. The lowest BCUT2D eigenvalue weighted by molar-refractivity contribution is -0.138. The van der Waals surface area contributed by atoms with E-state index in [0.29, 0.717) is 31.0 Å². The first-order valence-corrected chi connectivity index (χ1v) is 14.9. The number of rotatable bonds is 14. The predicted molar refractivity (Wildman–Crippen MR) is 154 cm³/mol. The van der Waals surface area contributed by atoms with Crippen LogP contribution in [0.15, 0.2) is 84.9 Å². The van der Waals surface area contributed by atoms with Crippen LogP contribution in [0.4, 0.5) is 5.69 Å². The third-order valence-electron chi connectivity index (χ3n) is 6.25. The van der Waals surface area contributed by atoms with E-state index in [-0.39, 0.29) is 12.5 Å². The number of hydrogen-bond donors (Lipinski definition) is 1. The van der Waals surface area contributed by atoms with Gasteiger partial charge in [0.15, 0.2) is 0 Å². The first-order chi connectivity index (χ1) is 18.7. The number of carbonyl (C=O) groups is 2. The number of carbonyl (C=O) groups excluding carboxylic acids is 2. The average molecular weight is 552 g/mol. The Morgan fingerprint density at radius 3 is 2.05 bits per heavy atom. The quantitative estimate of drug-likeness (QED) is 0.327. The van der Waals surface area contributed by atoms with Crippen LogP contribution in [-0.4, -0.2) is 57.1 Å². The molecular weight excluding hydrogens is 514 g/mol. The van der Waals surface area contributed by atoms with Crippen LogP contribution in [0.25, 0.3) is 0 Å². The highest BCUT2D eigenvalue weighted by Gasteiger charge is 2.29. The van der Waals surface area contributed by atoms with E-state index in [4.69, 9.17) is 4.74 Å². The molecule has 0 saturated carbocycles. The molecule has 0 fully saturated rings. The van der Waals surface area contributed by atoms with Crippen molar-refractivity contribution in [2.45, 2.75) is 39.3 Å². The minimum absolute atomic E-state index is 0.271. The maximum absolute atomic E-state index is 13.6. The first kappa shape index (κ1) is 29.7. The highest BCUT2D eigenvalue weighted by Crippen LogP contribution is 2.23. The van der Waals surface area contributed by atoms with Gasteiger partial charge >= 0.3 is 0 Å². The van der Waals surface area contributed by atoms with Gasteiger partial charge in [-0.25, -0.2) is 8.42 Å². The molecule has 1 atom stereocenters. The lowest BCUT2D eigenvalue weighted by atomic mass is 10.1. The zero-order valence-electron chi connectivity index (χ0n) is 22.7. The standard InChI is InChI=1S/C30H37N3O5S/c1-4-20-31-30(35)24(2)32(21-19-25-11-7-5-8-12-25)29(34)22-33(39(3,36)37)27-15-17-28(18-16-27)38-23-26-13-9-6-10-14-26/h5-18,24H,4,19-23H2,1-3H3,(H,31,35)/t24-/m0/s1. The van der Waals surface area contributed by atoms with Gasteiger partial charge in [-0.2, -0.15) is 0 Å². The predicted octanol–water partition coefficient (Wildman–Crippen LogP) is 4.02. The van der Waals surface area contributed by atoms with Crippen molar-refractivity contribution in [3.63, 3.8) is 0 Å². The van der Waals surface area contributed by atoms with Crippen LogP contribution in [-0.2, 0) is 32.6 Å². The zero-order chi connectivity index (χ0) is 28.3. The maximum Gasteiger partial charge on any atom is 0.244 e. The fourth-order valence-corrected chi connectivity index (χ4v) is 4.88. The minimum atomic E-state index is -3.80. The van der Waals surface area contributed by atoms with E-state index in [0.717, 1.165) is 28.1 Å². The molecule has 2 amide bonds. The number of nitrogens with one attached hydrogen (secondary N) is 1. The van der Waals surface area contributed by atoms with Gasteiger partial charge in [0.1, 0.15) is 24.9 Å². The lowest BCUT2D eigenvalue weighted by Gasteiger charge is -2.31. The number of anilines is 1. The van der Waals surface area contributed by atoms with E-state index < -0.39 is 28.5 Å². The fourth-order valence-electron chi connectivity index (χ4n) is 4.03. The molecule has 8 nitrogen and oxygen atoms in total. The van der Waals surface area contributed by atoms with E-state index in [1.807, 2.05) is 67.6 Å². The highest BCUT2D eigenvalue weighted by molar-refractivity contribution is 7.92. The molecule has 3 aromatic carbocycles. The van der Waals surface area contributed by atoms with Gasteiger partial charge in [0, 0.05) is 13.1 Å². The van der Waals surface area contributed by atoms with Gasteiger partial charge < -0.3 is 15.0 Å². The van der Waals surface area contributed by atoms with Gasteiger partial charge in [0.2, 0.25) is 21.8 Å². The van der Waals surface area contributed by atoms with E-state index in [9.17, 15) is 18.0 Å². The van der Waals surface area contributed by atoms with Crippen LogP contribution in [0, 0.1) is 0 Å². The van der Waals surface area contributed by atoms with Crippen molar-refractivity contribution < 1.29 is 22.7 Å². The topological polar surface area (TPSA) is 96.0 Å². The molecular formula is C30H37N3O5S. The molecule has 3 rings (SSSR count). The SMILES string of the molecule is CCCNC(=O)[C@H](C)N(CCc1ccccc1)C(=O)CN(c1ccc(OCc2ccccc2)cc1)S(C)(=O)=O. The summed E-state index contributed by atoms with van der Waals surface area (Å²) >= 11 is 0. The molecule has 0 unspecified atom stereocenters. The number of hydrogen-bond acceptors (Lipinski definition) is 5. The van der Waals surface area contributed by atoms with Crippen LogP contribution >= 0.6 is 0 Å². The van der Waals surface area contributed by atoms with Gasteiger partial charge in [-0.1, -0.05) is 67.6 Å². The summed E-state index contributed by atoms with van der Waals surface area (Å²) in [6.45, 7) is 4.33. The second kappa shape index (κ2) is 14.3. The van der Waals surface area contributed by atoms with Crippen LogP contribution in [0.5, 0.6) is 5.75 Å². The third-order valence-corrected chi connectivity index (χ3v) is 7.39. The summed E-state index contributed by atoms with van der Waals surface area (Å²) < 4.78 is 32.4. The zero-order valence-corrected chi connectivity index (χ0v) is 23.6. The molecule has 0 aliphatic heterocycles. The number of sulfonamides is 1. The second-order valence-corrected chi connectivity index (χ2v) is 11.2. The average Bonchev–Trinajstić information content (AvgIpc) is 2.94. The van der Waals surface area contributed by atoms with Crippen LogP contribution < -0.4 is 14.4 Å². The molecule has 0 spiro atoms. The summed E-state index contributed by atoms with van der Waals surface area (Å²) in [6.07, 6.45) is 2.36. The molecule has 208 valence electrons. The van der Waals surface area contributed by atoms with Crippen molar-refractivity contribution in [2.75, 3.05) is 30.2 Å². The number of benzene rings is 3. The van der Waals surface area contributed by atoms with Crippen molar-refractivity contribution in [1.82, 2.24) is 10.2 Å². The van der Waals surface area contributed by atoms with Gasteiger partial charge in [0.25, 0.3) is 0 Å². The molecule has 0 aliphatic carbocycles. The molecule has 9 heteroatoms. The summed E-state index contributed by atoms with van der Waals surface area (Å²) in [6, 6.07) is 25.2. The first-order valence-electron chi connectivity index (χ1n) is 13.0. The number of ether oxygens (including phenoxy) is 1. The summed E-state index contributed by atoms with van der Waals surface area (Å²) in [5, 5.41) is 2.83. The van der Waals surface area contributed by atoms with Gasteiger partial charge in [-0.05, 0) is 55.2 Å². The normalized spacial score (nSPS) is 11.9. The Hall–Kier alpha value is -3.85. The van der Waals surface area contributed by atoms with Crippen molar-refractivity contribution in [3.05, 3.63) is 96.1 Å². The lowest BCUT2D eigenvalue weighted by Crippen LogP contribution is -2.52. The van der Waals surface area contributed by atoms with E-state index in [1.165, 1.54) is 4.90 Å². The van der Waals surface area contributed by atoms with Crippen LogP contribution in [0.1, 0.15) is 31.4 Å². The molecule has 3 aromatic rings. The van der Waals surface area contributed by atoms with Gasteiger partial charge in [-0.15, -0.1) is 0 Å². The summed E-state index contributed by atoms with van der Waals surface area (Å²) in [5.74, 6) is -0.155. The van der Waals surface area contributed by atoms with Gasteiger partial charge in [0.05, 0.1) is 11.9 Å². The fraction of sp³-hybridized carbons (Fsp3) is 0.333. The Kier molecular flexibility index (Phi) is 10.9. The molecule has 0 heterocycles. The summed E-state index contributed by atoms with van der Waals surface area (Å²) in [5.41, 5.74) is 2.36. The third kappa shape index (κ3) is 9.14. The highest BCUT2D eigenvalue weighted by atomic mass is 32.2. The van der Waals surface area contributed by atoms with Crippen molar-refractivity contribution in [1.29, 1.82) is 0 Å². The Bertz CT molecular complexity index is 1300. The Balaban J connectivity index is 1.76. The summed E-state index contributed by atoms with van der Waals surface area (Å²) in [7, 11) is -3.80. The van der Waals surface area contributed by atoms with Crippen molar-refractivity contribution in [2.24, 2.45) is 0 Å². The maximum atomic E-state index is 13.6. The van der Waals surface area contributed by atoms with Crippen LogP contribution in [0.2, 0.25) is 0 Å². The Morgan fingerprint density at radius 1 is 0.897 bits per heavy atom. The summed E-state index contributed by atoms with van der Waals surface area (Å²) in [4.78, 5) is 27.8. The molecule has 0 aromatic heterocycles. The molecule has 0 radical (unpaired) electrons. The smallest absolute Gasteiger partial charge is 0.244 e. The number of amides is 2. The largest absolute Gasteiger partial charge is 0.489 e. The van der Waals surface area contributed by atoms with Crippen LogP contribution in [0.3, 0.4) is 0 Å². The van der Waals surface area contributed by atoms with Crippen molar-refractivity contribution in [3.8, 4) is 5.75 Å². The Morgan fingerprint density at radius 2 is 1.49 bits per heavy atom. The van der Waals surface area contributed by atoms with E-state index in [2.05, 4.69) is 5.32 Å². The second-order valence-electron chi connectivity index (χ2n) is 9.33. The number of nitrogens with zero attached hydrogens (tertiary/aromatic N) is 2. The molecule has 1 N–H and O–H groups in total. The van der Waals surface area contributed by atoms with E-state index in [1.54, 1.807) is 31.2 Å². The Labute approximate surface area is 231 Å².